The fraction of sp³-hybridized carbons (Fsp3) is 0.176. The highest BCUT2D eigenvalue weighted by Crippen LogP contribution is 2.23. The summed E-state index contributed by atoms with van der Waals surface area (Å²) in [5, 5.41) is 23.7. The molecule has 0 bridgehead atoms. The summed E-state index contributed by atoms with van der Waals surface area (Å²) in [6.45, 7) is 2.10. The lowest BCUT2D eigenvalue weighted by Crippen LogP contribution is -2.36. The topological polar surface area (TPSA) is 98.7 Å². The van der Waals surface area contributed by atoms with Crippen LogP contribution in [0, 0.1) is 6.92 Å². The van der Waals surface area contributed by atoms with Gasteiger partial charge >= 0.3 is 11.8 Å². The number of benzene rings is 2. The largest absolute Gasteiger partial charge is 0.508 e. The van der Waals surface area contributed by atoms with Crippen molar-refractivity contribution in [3.05, 3.63) is 53.6 Å². The van der Waals surface area contributed by atoms with Crippen LogP contribution in [0.5, 0.6) is 11.5 Å². The number of anilines is 1. The third kappa shape index (κ3) is 4.74. The Morgan fingerprint density at radius 2 is 1.70 bits per heavy atom. The molecule has 0 radical (unpaired) electrons. The fourth-order valence-electron chi connectivity index (χ4n) is 1.99. The van der Waals surface area contributed by atoms with E-state index in [1.54, 1.807) is 36.4 Å². The number of hydrogen-bond donors (Lipinski definition) is 4. The van der Waals surface area contributed by atoms with E-state index in [1.165, 1.54) is 6.07 Å². The van der Waals surface area contributed by atoms with Gasteiger partial charge < -0.3 is 20.8 Å². The molecule has 2 aromatic carbocycles. The van der Waals surface area contributed by atoms with Gasteiger partial charge in [-0.2, -0.15) is 0 Å². The Morgan fingerprint density at radius 1 is 1.00 bits per heavy atom. The Balaban J connectivity index is 1.84. The van der Waals surface area contributed by atoms with Crippen LogP contribution in [0.3, 0.4) is 0 Å². The van der Waals surface area contributed by atoms with E-state index in [0.717, 1.165) is 11.1 Å². The summed E-state index contributed by atoms with van der Waals surface area (Å²) in [5.74, 6) is -1.53. The molecular weight excluding hydrogens is 296 g/mol. The number of carbonyl (C=O) groups is 2. The molecule has 6 heteroatoms. The first kappa shape index (κ1) is 16.4. The molecule has 0 aromatic heterocycles. The zero-order valence-electron chi connectivity index (χ0n) is 12.7. The number of hydrogen-bond acceptors (Lipinski definition) is 4. The first-order valence-corrected chi connectivity index (χ1v) is 7.12. The minimum atomic E-state index is -0.836. The Kier molecular flexibility index (Phi) is 5.19. The van der Waals surface area contributed by atoms with Crippen LogP contribution in [0.4, 0.5) is 5.69 Å². The number of amides is 2. The molecule has 6 nitrogen and oxygen atoms in total. The summed E-state index contributed by atoms with van der Waals surface area (Å²) in [6.07, 6.45) is 0.537. The van der Waals surface area contributed by atoms with E-state index >= 15 is 0 Å². The molecule has 2 rings (SSSR count). The first-order valence-electron chi connectivity index (χ1n) is 7.12. The summed E-state index contributed by atoms with van der Waals surface area (Å²) in [7, 11) is 0. The third-order valence-electron chi connectivity index (χ3n) is 3.24. The van der Waals surface area contributed by atoms with E-state index in [1.807, 2.05) is 6.92 Å². The van der Waals surface area contributed by atoms with Gasteiger partial charge in [-0.05, 0) is 48.7 Å². The van der Waals surface area contributed by atoms with E-state index in [4.69, 9.17) is 0 Å². The lowest BCUT2D eigenvalue weighted by atomic mass is 10.1. The zero-order valence-corrected chi connectivity index (χ0v) is 12.7. The highest BCUT2D eigenvalue weighted by atomic mass is 16.3. The van der Waals surface area contributed by atoms with Gasteiger partial charge in [0.1, 0.15) is 11.5 Å². The van der Waals surface area contributed by atoms with Crippen LogP contribution in [0.25, 0.3) is 0 Å². The minimum absolute atomic E-state index is 0.0964. The molecule has 0 aliphatic rings. The van der Waals surface area contributed by atoms with Crippen molar-refractivity contribution in [2.24, 2.45) is 0 Å². The number of aromatic hydroxyl groups is 2. The van der Waals surface area contributed by atoms with Crippen molar-refractivity contribution < 1.29 is 19.8 Å². The predicted octanol–water partition coefficient (Wildman–Crippen LogP) is 1.70. The molecule has 4 N–H and O–H groups in total. The van der Waals surface area contributed by atoms with Gasteiger partial charge in [-0.15, -0.1) is 0 Å². The summed E-state index contributed by atoms with van der Waals surface area (Å²) in [5.41, 5.74) is 1.98. The summed E-state index contributed by atoms with van der Waals surface area (Å²) < 4.78 is 0. The smallest absolute Gasteiger partial charge is 0.313 e. The summed E-state index contributed by atoms with van der Waals surface area (Å²) in [4.78, 5) is 23.5. The van der Waals surface area contributed by atoms with E-state index in [2.05, 4.69) is 10.6 Å². The van der Waals surface area contributed by atoms with Gasteiger partial charge in [-0.3, -0.25) is 9.59 Å². The molecule has 0 fully saturated rings. The molecule has 23 heavy (non-hydrogen) atoms. The van der Waals surface area contributed by atoms with Crippen molar-refractivity contribution in [3.8, 4) is 11.5 Å². The van der Waals surface area contributed by atoms with Crippen LogP contribution in [-0.2, 0) is 16.0 Å². The number of rotatable bonds is 4. The Hall–Kier alpha value is -3.02. The molecule has 0 aliphatic carbocycles. The standard InChI is InChI=1S/C17H18N2O4/c1-11-2-7-15(21)14(10-11)19-17(23)16(22)18-9-8-12-3-5-13(20)6-4-12/h2-7,10,20-21H,8-9H2,1H3,(H,18,22)(H,19,23). The van der Waals surface area contributed by atoms with E-state index < -0.39 is 11.8 Å². The number of aryl methyl sites for hydroxylation is 1. The van der Waals surface area contributed by atoms with E-state index in [-0.39, 0.29) is 23.7 Å². The van der Waals surface area contributed by atoms with Crippen LogP contribution in [0.1, 0.15) is 11.1 Å². The van der Waals surface area contributed by atoms with Gasteiger partial charge in [0, 0.05) is 6.54 Å². The van der Waals surface area contributed by atoms with Gasteiger partial charge in [-0.1, -0.05) is 18.2 Å². The Morgan fingerprint density at radius 3 is 2.39 bits per heavy atom. The van der Waals surface area contributed by atoms with Crippen molar-refractivity contribution in [1.82, 2.24) is 5.32 Å². The molecule has 2 amide bonds. The number of phenols is 2. The quantitative estimate of drug-likeness (QED) is 0.510. The average Bonchev–Trinajstić information content (AvgIpc) is 2.52. The maximum Gasteiger partial charge on any atom is 0.313 e. The number of phenolic OH excluding ortho intramolecular Hbond substituents is 2. The fourth-order valence-corrected chi connectivity index (χ4v) is 1.99. The van der Waals surface area contributed by atoms with Gasteiger partial charge in [-0.25, -0.2) is 0 Å². The molecular formula is C17H18N2O4. The summed E-state index contributed by atoms with van der Waals surface area (Å²) >= 11 is 0. The normalized spacial score (nSPS) is 10.1. The zero-order chi connectivity index (χ0) is 16.8. The first-order chi connectivity index (χ1) is 11.0. The van der Waals surface area contributed by atoms with Gasteiger partial charge in [0.2, 0.25) is 0 Å². The SMILES string of the molecule is Cc1ccc(O)c(NC(=O)C(=O)NCCc2ccc(O)cc2)c1. The highest BCUT2D eigenvalue weighted by Gasteiger charge is 2.14. The lowest BCUT2D eigenvalue weighted by molar-refractivity contribution is -0.136. The molecule has 120 valence electrons. The molecule has 0 spiro atoms. The van der Waals surface area contributed by atoms with Gasteiger partial charge in [0.15, 0.2) is 0 Å². The van der Waals surface area contributed by atoms with Crippen molar-refractivity contribution in [2.75, 3.05) is 11.9 Å². The van der Waals surface area contributed by atoms with Crippen LogP contribution < -0.4 is 10.6 Å². The Bertz CT molecular complexity index is 711. The monoisotopic (exact) mass is 314 g/mol. The van der Waals surface area contributed by atoms with Crippen molar-refractivity contribution >= 4 is 17.5 Å². The molecule has 0 heterocycles. The molecule has 0 unspecified atom stereocenters. The molecule has 0 atom stereocenters. The van der Waals surface area contributed by atoms with E-state index in [0.29, 0.717) is 6.42 Å². The van der Waals surface area contributed by atoms with Crippen LogP contribution >= 0.6 is 0 Å². The van der Waals surface area contributed by atoms with Gasteiger partial charge in [0.25, 0.3) is 0 Å². The van der Waals surface area contributed by atoms with Gasteiger partial charge in [0.05, 0.1) is 5.69 Å². The molecule has 0 saturated carbocycles. The molecule has 2 aromatic rings. The van der Waals surface area contributed by atoms with Crippen LogP contribution in [0.15, 0.2) is 42.5 Å². The molecule has 0 saturated heterocycles. The van der Waals surface area contributed by atoms with E-state index in [9.17, 15) is 19.8 Å². The van der Waals surface area contributed by atoms with Crippen LogP contribution in [0.2, 0.25) is 0 Å². The number of nitrogens with one attached hydrogen (secondary N) is 2. The van der Waals surface area contributed by atoms with Crippen molar-refractivity contribution in [3.63, 3.8) is 0 Å². The second-order valence-electron chi connectivity index (χ2n) is 5.15. The van der Waals surface area contributed by atoms with Crippen LogP contribution in [-0.4, -0.2) is 28.6 Å². The third-order valence-corrected chi connectivity index (χ3v) is 3.24. The average molecular weight is 314 g/mol. The van der Waals surface area contributed by atoms with Crippen molar-refractivity contribution in [2.45, 2.75) is 13.3 Å². The van der Waals surface area contributed by atoms with Crippen molar-refractivity contribution in [1.29, 1.82) is 0 Å². The lowest BCUT2D eigenvalue weighted by Gasteiger charge is -2.09. The maximum atomic E-state index is 11.8. The predicted molar refractivity (Wildman–Crippen MR) is 86.3 cm³/mol. The summed E-state index contributed by atoms with van der Waals surface area (Å²) in [6, 6.07) is 11.3. The second-order valence-corrected chi connectivity index (χ2v) is 5.15. The number of carbonyl (C=O) groups excluding carboxylic acids is 2. The Labute approximate surface area is 133 Å². The second kappa shape index (κ2) is 7.31. The minimum Gasteiger partial charge on any atom is -0.508 e. The maximum absolute atomic E-state index is 11.8. The molecule has 0 aliphatic heterocycles. The highest BCUT2D eigenvalue weighted by molar-refractivity contribution is 6.39.